The zero-order valence-corrected chi connectivity index (χ0v) is 12.5. The Kier molecular flexibility index (Phi) is 5.13. The van der Waals surface area contributed by atoms with Gasteiger partial charge in [0.05, 0.1) is 5.92 Å². The molecule has 0 unspecified atom stereocenters. The van der Waals surface area contributed by atoms with E-state index in [0.29, 0.717) is 18.0 Å². The van der Waals surface area contributed by atoms with Gasteiger partial charge in [0.1, 0.15) is 0 Å². The lowest BCUT2D eigenvalue weighted by molar-refractivity contribution is -0.313. The van der Waals surface area contributed by atoms with Gasteiger partial charge in [-0.1, -0.05) is 42.2 Å². The van der Waals surface area contributed by atoms with Gasteiger partial charge in [-0.05, 0) is 18.6 Å². The van der Waals surface area contributed by atoms with Crippen molar-refractivity contribution in [1.82, 2.24) is 10.2 Å². The van der Waals surface area contributed by atoms with Crippen molar-refractivity contribution in [2.75, 3.05) is 11.1 Å². The molecule has 108 valence electrons. The second-order valence-electron chi connectivity index (χ2n) is 4.27. The maximum Gasteiger partial charge on any atom is 0.230 e. The van der Waals surface area contributed by atoms with E-state index in [4.69, 9.17) is 0 Å². The lowest BCUT2D eigenvalue weighted by Gasteiger charge is -2.27. The molecule has 2 atom stereocenters. The monoisotopic (exact) mass is 312 g/mol. The summed E-state index contributed by atoms with van der Waals surface area (Å²) in [5.41, 5.74) is 0. The summed E-state index contributed by atoms with van der Waals surface area (Å²) in [7, 11) is 0. The van der Waals surface area contributed by atoms with Crippen LogP contribution in [0.25, 0.3) is 0 Å². The van der Waals surface area contributed by atoms with Crippen LogP contribution < -0.4 is 10.4 Å². The zero-order valence-electron chi connectivity index (χ0n) is 10.9. The number of carbonyl (C=O) groups excluding carboxylic acids is 2. The molecule has 2 rings (SSSR count). The molecule has 20 heavy (non-hydrogen) atoms. The molecule has 8 heteroatoms. The highest BCUT2D eigenvalue weighted by molar-refractivity contribution is 8.01. The van der Waals surface area contributed by atoms with Crippen LogP contribution in [0.3, 0.4) is 0 Å². The number of thioether (sulfide) groups is 1. The summed E-state index contributed by atoms with van der Waals surface area (Å²) >= 11 is 2.83. The fourth-order valence-corrected chi connectivity index (χ4v) is 3.66. The number of amides is 1. The van der Waals surface area contributed by atoms with Crippen LogP contribution in [-0.2, 0) is 9.59 Å². The van der Waals surface area contributed by atoms with E-state index in [1.165, 1.54) is 11.3 Å². The number of anilines is 1. The van der Waals surface area contributed by atoms with Gasteiger partial charge in [0.2, 0.25) is 11.0 Å². The summed E-state index contributed by atoms with van der Waals surface area (Å²) < 4.78 is 0.780. The summed E-state index contributed by atoms with van der Waals surface area (Å²) in [6.07, 6.45) is 4.32. The van der Waals surface area contributed by atoms with Crippen molar-refractivity contribution in [2.45, 2.75) is 24.1 Å². The predicted octanol–water partition coefficient (Wildman–Crippen LogP) is 0.921. The van der Waals surface area contributed by atoms with Crippen molar-refractivity contribution in [1.29, 1.82) is 0 Å². The number of carbonyl (C=O) groups is 2. The Labute approximate surface area is 124 Å². The molecule has 1 N–H and O–H groups in total. The van der Waals surface area contributed by atoms with Crippen LogP contribution in [0.2, 0.25) is 0 Å². The third-order valence-corrected chi connectivity index (χ3v) is 4.83. The van der Waals surface area contributed by atoms with Crippen LogP contribution in [0.15, 0.2) is 16.5 Å². The quantitative estimate of drug-likeness (QED) is 0.493. The van der Waals surface area contributed by atoms with E-state index < -0.39 is 17.8 Å². The average molecular weight is 312 g/mol. The normalized spacial score (nSPS) is 21.6. The Hall–Kier alpha value is -1.41. The molecule has 1 heterocycles. The van der Waals surface area contributed by atoms with E-state index in [-0.39, 0.29) is 5.91 Å². The van der Waals surface area contributed by atoms with Gasteiger partial charge in [-0.15, -0.1) is 10.2 Å². The smallest absolute Gasteiger partial charge is 0.230 e. The Morgan fingerprint density at radius 1 is 1.40 bits per heavy atom. The third-order valence-electron chi connectivity index (χ3n) is 2.98. The number of carboxylic acids is 1. The minimum absolute atomic E-state index is 0.327. The van der Waals surface area contributed by atoms with Crippen molar-refractivity contribution in [3.05, 3.63) is 12.2 Å². The molecule has 0 aliphatic heterocycles. The standard InChI is InChI=1S/C12H15N3O3S2/c1-2-19-12-15-14-11(20-12)13-9(16)7-5-3-4-6-8(7)10(17)18/h3-4,7-8H,2,5-6H2,1H3,(H,17,18)(H,13,14,16)/p-1/t7-,8-/m1/s1. The number of nitrogens with one attached hydrogen (secondary N) is 1. The Morgan fingerprint density at radius 2 is 2.10 bits per heavy atom. The van der Waals surface area contributed by atoms with Crippen molar-refractivity contribution < 1.29 is 14.7 Å². The zero-order chi connectivity index (χ0) is 14.5. The number of aliphatic carboxylic acids is 1. The molecular formula is C12H14N3O3S2-. The SMILES string of the molecule is CCSc1nnc(NC(=O)[C@@H]2CC=CC[C@H]2C(=O)[O-])s1. The average Bonchev–Trinajstić information content (AvgIpc) is 2.86. The van der Waals surface area contributed by atoms with Gasteiger partial charge >= 0.3 is 0 Å². The summed E-state index contributed by atoms with van der Waals surface area (Å²) in [6.45, 7) is 2.00. The number of aromatic nitrogens is 2. The molecule has 0 saturated carbocycles. The van der Waals surface area contributed by atoms with Crippen molar-refractivity contribution >= 4 is 40.1 Å². The van der Waals surface area contributed by atoms with Gasteiger partial charge in [-0.3, -0.25) is 4.79 Å². The van der Waals surface area contributed by atoms with Gasteiger partial charge in [0.25, 0.3) is 0 Å². The van der Waals surface area contributed by atoms with Crippen LogP contribution >= 0.6 is 23.1 Å². The van der Waals surface area contributed by atoms with E-state index >= 15 is 0 Å². The number of rotatable bonds is 5. The summed E-state index contributed by atoms with van der Waals surface area (Å²) in [5.74, 6) is -2.04. The maximum atomic E-state index is 12.1. The number of nitrogens with zero attached hydrogens (tertiary/aromatic N) is 2. The van der Waals surface area contributed by atoms with Gasteiger partial charge in [-0.25, -0.2) is 0 Å². The van der Waals surface area contributed by atoms with E-state index in [1.807, 2.05) is 13.0 Å². The fourth-order valence-electron chi connectivity index (χ4n) is 2.00. The first kappa shape index (κ1) is 15.0. The first-order valence-corrected chi connectivity index (χ1v) is 8.05. The van der Waals surface area contributed by atoms with E-state index in [2.05, 4.69) is 15.5 Å². The van der Waals surface area contributed by atoms with Gasteiger partial charge in [-0.2, -0.15) is 0 Å². The van der Waals surface area contributed by atoms with Crippen LogP contribution in [0.5, 0.6) is 0 Å². The first-order valence-electron chi connectivity index (χ1n) is 6.24. The van der Waals surface area contributed by atoms with Crippen molar-refractivity contribution in [3.63, 3.8) is 0 Å². The lowest BCUT2D eigenvalue weighted by atomic mass is 9.82. The lowest BCUT2D eigenvalue weighted by Crippen LogP contribution is -2.41. The molecule has 1 aromatic heterocycles. The Morgan fingerprint density at radius 3 is 2.75 bits per heavy atom. The van der Waals surface area contributed by atoms with Crippen LogP contribution in [0.1, 0.15) is 19.8 Å². The van der Waals surface area contributed by atoms with E-state index in [0.717, 1.165) is 10.1 Å². The second-order valence-corrected chi connectivity index (χ2v) is 6.76. The molecule has 1 aromatic rings. The molecule has 6 nitrogen and oxygen atoms in total. The highest BCUT2D eigenvalue weighted by Gasteiger charge is 2.30. The highest BCUT2D eigenvalue weighted by Crippen LogP contribution is 2.29. The first-order chi connectivity index (χ1) is 9.61. The summed E-state index contributed by atoms with van der Waals surface area (Å²) in [5, 5.41) is 21.9. The summed E-state index contributed by atoms with van der Waals surface area (Å²) in [4.78, 5) is 23.2. The van der Waals surface area contributed by atoms with Crippen molar-refractivity contribution in [3.8, 4) is 0 Å². The molecule has 0 radical (unpaired) electrons. The summed E-state index contributed by atoms with van der Waals surface area (Å²) in [6, 6.07) is 0. The minimum Gasteiger partial charge on any atom is -0.550 e. The number of hydrogen-bond acceptors (Lipinski definition) is 7. The predicted molar refractivity (Wildman–Crippen MR) is 75.3 cm³/mol. The molecule has 0 spiro atoms. The number of carboxylic acid groups (broad SMARTS) is 1. The number of hydrogen-bond donors (Lipinski definition) is 1. The largest absolute Gasteiger partial charge is 0.550 e. The topological polar surface area (TPSA) is 95.0 Å². The van der Waals surface area contributed by atoms with Crippen LogP contribution in [0, 0.1) is 11.8 Å². The van der Waals surface area contributed by atoms with Gasteiger partial charge in [0.15, 0.2) is 4.34 Å². The minimum atomic E-state index is -1.19. The maximum absolute atomic E-state index is 12.1. The molecule has 0 saturated heterocycles. The van der Waals surface area contributed by atoms with Gasteiger partial charge < -0.3 is 15.2 Å². The highest BCUT2D eigenvalue weighted by atomic mass is 32.2. The van der Waals surface area contributed by atoms with E-state index in [1.54, 1.807) is 17.8 Å². The molecule has 1 aliphatic carbocycles. The van der Waals surface area contributed by atoms with E-state index in [9.17, 15) is 14.7 Å². The molecule has 0 aromatic carbocycles. The Bertz CT molecular complexity index is 530. The third kappa shape index (κ3) is 3.57. The molecular weight excluding hydrogens is 298 g/mol. The van der Waals surface area contributed by atoms with Gasteiger partial charge in [0, 0.05) is 11.9 Å². The van der Waals surface area contributed by atoms with Crippen LogP contribution in [0.4, 0.5) is 5.13 Å². The molecule has 1 amide bonds. The van der Waals surface area contributed by atoms with Crippen LogP contribution in [-0.4, -0.2) is 27.8 Å². The second kappa shape index (κ2) is 6.85. The molecule has 0 bridgehead atoms. The molecule has 0 fully saturated rings. The fraction of sp³-hybridized carbons (Fsp3) is 0.500. The molecule has 1 aliphatic rings. The number of allylic oxidation sites excluding steroid dienone is 2. The van der Waals surface area contributed by atoms with Crippen molar-refractivity contribution in [2.24, 2.45) is 11.8 Å². The Balaban J connectivity index is 2.02.